The molecule has 0 radical (unpaired) electrons. The molecule has 3 saturated carbocycles. The van der Waals surface area contributed by atoms with E-state index < -0.39 is 106 Å². The van der Waals surface area contributed by atoms with Gasteiger partial charge in [-0.05, 0) is 88.4 Å². The number of alkyl halides is 1. The van der Waals surface area contributed by atoms with Gasteiger partial charge < -0.3 is 29.4 Å². The van der Waals surface area contributed by atoms with Crippen molar-refractivity contribution in [2.24, 2.45) is 28.6 Å². The maximum absolute atomic E-state index is 16.0. The first-order valence-electron chi connectivity index (χ1n) is 19.7. The van der Waals surface area contributed by atoms with Crippen LogP contribution in [0, 0.1) is 28.6 Å². The van der Waals surface area contributed by atoms with Crippen LogP contribution in [0.2, 0.25) is 0 Å². The van der Waals surface area contributed by atoms with E-state index in [1.54, 1.807) is 19.9 Å². The maximum Gasteiger partial charge on any atom is 0.329 e. The molecule has 1 aliphatic heterocycles. The van der Waals surface area contributed by atoms with E-state index in [9.17, 15) is 29.1 Å². The number of aliphatic hydroxyl groups is 1. The predicted octanol–water partition coefficient (Wildman–Crippen LogP) is 2.61. The largest absolute Gasteiger partial charge is 0.464 e. The topological polar surface area (TPSA) is 260 Å². The molecular formula is C38H56FN3O16. The highest BCUT2D eigenvalue weighted by atomic mass is 19.1. The van der Waals surface area contributed by atoms with Crippen molar-refractivity contribution in [1.82, 2.24) is 16.1 Å². The van der Waals surface area contributed by atoms with Gasteiger partial charge in [0.2, 0.25) is 11.7 Å². The second kappa shape index (κ2) is 18.5. The lowest BCUT2D eigenvalue weighted by atomic mass is 9.46. The van der Waals surface area contributed by atoms with Crippen molar-refractivity contribution in [3.05, 3.63) is 23.8 Å². The van der Waals surface area contributed by atoms with Crippen LogP contribution in [0.25, 0.3) is 0 Å². The van der Waals surface area contributed by atoms with E-state index in [1.807, 2.05) is 13.8 Å². The first-order chi connectivity index (χ1) is 27.2. The fraction of sp³-hybridized carbons (Fsp3) is 0.763. The number of fused-ring (bicyclic) bond motifs is 7. The van der Waals surface area contributed by atoms with Crippen LogP contribution in [0.1, 0.15) is 91.9 Å². The van der Waals surface area contributed by atoms with E-state index in [0.29, 0.717) is 31.3 Å². The Morgan fingerprint density at radius 3 is 2.28 bits per heavy atom. The van der Waals surface area contributed by atoms with Crippen molar-refractivity contribution >= 4 is 29.4 Å². The van der Waals surface area contributed by atoms with Crippen LogP contribution in [0.4, 0.5) is 4.39 Å². The highest BCUT2D eigenvalue weighted by molar-refractivity contribution is 6.01. The first kappa shape index (κ1) is 45.8. The average Bonchev–Trinajstić information content (AvgIpc) is 3.55. The molecule has 5 rings (SSSR count). The number of nitrogens with zero attached hydrogens (tertiary/aromatic N) is 2. The first-order valence-corrected chi connectivity index (χ1v) is 19.7. The smallest absolute Gasteiger partial charge is 0.329 e. The van der Waals surface area contributed by atoms with Gasteiger partial charge in [-0.15, -0.1) is 0 Å². The molecule has 4 aliphatic carbocycles. The second-order valence-corrected chi connectivity index (χ2v) is 16.7. The molecule has 1 unspecified atom stereocenters. The lowest BCUT2D eigenvalue weighted by molar-refractivity contribution is -0.492. The Balaban J connectivity index is 1.26. The molecule has 1 saturated heterocycles. The third-order valence-corrected chi connectivity index (χ3v) is 12.5. The SMILES string of the molecule is CC1(C)O[C@@H]2C[C@H]3[C@@H]4C[C@H](F)C5=CC(=O)C=C[C@]5(C)[C@H]4[C@@H](O)C[C@]3(C)[C@]2(C(=O)COC(=O)CC(NC(=O)CCCCCON(O)O)C(=O)OCCCCON(O)O)O1. The number of hydrogen-bond donors (Lipinski definition) is 6. The number of ketones is 2. The van der Waals surface area contributed by atoms with Gasteiger partial charge in [0.05, 0.1) is 49.2 Å². The van der Waals surface area contributed by atoms with Crippen molar-refractivity contribution in [3.8, 4) is 0 Å². The number of amides is 1. The van der Waals surface area contributed by atoms with Crippen molar-refractivity contribution in [2.45, 2.75) is 128 Å². The molecule has 4 fully saturated rings. The predicted molar refractivity (Wildman–Crippen MR) is 190 cm³/mol. The second-order valence-electron chi connectivity index (χ2n) is 16.7. The van der Waals surface area contributed by atoms with Crippen molar-refractivity contribution in [3.63, 3.8) is 0 Å². The summed E-state index contributed by atoms with van der Waals surface area (Å²) in [4.78, 5) is 74.9. The number of hydrogen-bond acceptors (Lipinski definition) is 18. The molecule has 0 aromatic rings. The van der Waals surface area contributed by atoms with Gasteiger partial charge in [-0.25, -0.2) is 9.18 Å². The summed E-state index contributed by atoms with van der Waals surface area (Å²) in [6.45, 7) is 5.86. The Bertz CT molecular complexity index is 1610. The van der Waals surface area contributed by atoms with Crippen LogP contribution in [-0.2, 0) is 52.6 Å². The quantitative estimate of drug-likeness (QED) is 0.0585. The molecule has 10 atom stereocenters. The number of esters is 2. The molecule has 19 nitrogen and oxygen atoms in total. The number of unbranched alkanes of at least 4 members (excludes halogenated alkanes) is 3. The molecule has 5 aliphatic rings. The van der Waals surface area contributed by atoms with Gasteiger partial charge in [-0.3, -0.25) is 49.7 Å². The minimum Gasteiger partial charge on any atom is -0.464 e. The fourth-order valence-electron chi connectivity index (χ4n) is 10.2. The Morgan fingerprint density at radius 2 is 1.60 bits per heavy atom. The van der Waals surface area contributed by atoms with Crippen LogP contribution < -0.4 is 5.32 Å². The maximum atomic E-state index is 16.0. The lowest BCUT2D eigenvalue weighted by Crippen LogP contribution is -2.64. The molecule has 20 heteroatoms. The molecule has 6 N–H and O–H groups in total. The van der Waals surface area contributed by atoms with Gasteiger partial charge in [0, 0.05) is 23.2 Å². The van der Waals surface area contributed by atoms with Crippen LogP contribution in [0.3, 0.4) is 0 Å². The van der Waals surface area contributed by atoms with E-state index in [1.165, 1.54) is 12.2 Å². The minimum atomic E-state index is -1.70. The summed E-state index contributed by atoms with van der Waals surface area (Å²) in [5.41, 5.74) is -3.39. The molecule has 326 valence electrons. The van der Waals surface area contributed by atoms with Gasteiger partial charge in [0.25, 0.3) is 0 Å². The number of carbonyl (C=O) groups excluding carboxylic acids is 5. The Morgan fingerprint density at radius 1 is 0.948 bits per heavy atom. The minimum absolute atomic E-state index is 0.0251. The number of nitrogens with one attached hydrogen (secondary N) is 1. The Kier molecular flexibility index (Phi) is 14.6. The zero-order valence-corrected chi connectivity index (χ0v) is 33.2. The molecule has 0 bridgehead atoms. The molecule has 0 aromatic carbocycles. The van der Waals surface area contributed by atoms with Gasteiger partial charge in [0.15, 0.2) is 23.8 Å². The molecule has 1 amide bonds. The van der Waals surface area contributed by atoms with Crippen molar-refractivity contribution < 1.29 is 82.9 Å². The van der Waals surface area contributed by atoms with Gasteiger partial charge in [-0.1, -0.05) is 26.3 Å². The number of rotatable bonds is 20. The molecule has 0 spiro atoms. The summed E-state index contributed by atoms with van der Waals surface area (Å²) in [5, 5.41) is 48.0. The highest BCUT2D eigenvalue weighted by Gasteiger charge is 2.77. The van der Waals surface area contributed by atoms with Crippen molar-refractivity contribution in [2.75, 3.05) is 26.4 Å². The molecule has 1 heterocycles. The zero-order chi connectivity index (χ0) is 42.6. The zero-order valence-electron chi connectivity index (χ0n) is 33.2. The molecular weight excluding hydrogens is 773 g/mol. The van der Waals surface area contributed by atoms with E-state index in [4.69, 9.17) is 39.8 Å². The van der Waals surface area contributed by atoms with Crippen LogP contribution in [0.5, 0.6) is 0 Å². The third kappa shape index (κ3) is 9.68. The summed E-state index contributed by atoms with van der Waals surface area (Å²) in [6.07, 6.45) is 2.40. The van der Waals surface area contributed by atoms with Crippen LogP contribution >= 0.6 is 0 Å². The standard InChI is InChI=1S/C38H56FN3O16/c1-35(2)57-30-18-24-23-17-26(39)25-16-22(43)11-12-36(25,3)33(23)28(44)20-37(24,4)38(30,58-35)29(45)21-54-32(47)19-27(34(48)53-13-8-9-15-56-42(51)52)40-31(46)10-6-5-7-14-55-41(49)50/h11-12,16,23-24,26-28,30,33,44,49-52H,5-10,13-15,17-21H2,1-4H3,(H,40,46)/t23-,24-,26-,27?,28-,30+,33+,36-,37-,38+/m0/s1. The number of allylic oxidation sites excluding steroid dienone is 4. The van der Waals surface area contributed by atoms with Crippen LogP contribution in [0.15, 0.2) is 23.8 Å². The van der Waals surface area contributed by atoms with E-state index in [-0.39, 0.29) is 63.6 Å². The lowest BCUT2D eigenvalue weighted by Gasteiger charge is -2.60. The Labute approximate surface area is 334 Å². The van der Waals surface area contributed by atoms with Crippen LogP contribution in [-0.4, -0.2) is 128 Å². The van der Waals surface area contributed by atoms with E-state index in [0.717, 1.165) is 0 Å². The Hall–Kier alpha value is -3.28. The normalized spacial score (nSPS) is 33.8. The summed E-state index contributed by atoms with van der Waals surface area (Å²) < 4.78 is 39.5. The van der Waals surface area contributed by atoms with Gasteiger partial charge in [-0.2, -0.15) is 0 Å². The van der Waals surface area contributed by atoms with Gasteiger partial charge >= 0.3 is 11.9 Å². The summed E-state index contributed by atoms with van der Waals surface area (Å²) >= 11 is 0. The average molecular weight is 830 g/mol. The fourth-order valence-corrected chi connectivity index (χ4v) is 10.2. The number of carbonyl (C=O) groups is 5. The third-order valence-electron chi connectivity index (χ3n) is 12.5. The van der Waals surface area contributed by atoms with E-state index in [2.05, 4.69) is 15.0 Å². The number of ether oxygens (including phenoxy) is 4. The summed E-state index contributed by atoms with van der Waals surface area (Å²) in [6, 6.07) is -1.50. The van der Waals surface area contributed by atoms with E-state index >= 15 is 4.39 Å². The number of halogens is 1. The summed E-state index contributed by atoms with van der Waals surface area (Å²) in [7, 11) is 0. The summed E-state index contributed by atoms with van der Waals surface area (Å²) in [5.74, 6) is -6.00. The number of aliphatic hydroxyl groups excluding tert-OH is 1. The monoisotopic (exact) mass is 829 g/mol. The molecule has 0 aromatic heterocycles. The molecule has 58 heavy (non-hydrogen) atoms. The highest BCUT2D eigenvalue weighted by Crippen LogP contribution is 2.70. The number of Topliss-reactive ketones (excluding diaryl/α,β-unsaturated/α-hetero) is 1. The van der Waals surface area contributed by atoms with Gasteiger partial charge in [0.1, 0.15) is 12.2 Å². The van der Waals surface area contributed by atoms with Crippen molar-refractivity contribution in [1.29, 1.82) is 0 Å².